The molecule has 84 valence electrons. The van der Waals surface area contributed by atoms with Gasteiger partial charge in [-0.05, 0) is 0 Å². The first-order valence-electron chi connectivity index (χ1n) is 4.51. The standard InChI is InChI=1S/C8H17AsO5/c1-9(2,13)3-5-7(11)8(12)6(4-10)14-5/h5-8,10-12H,3-4H2,1-2H3/t5-,6-,7+,8-/m1/s1. The quantitative estimate of drug-likeness (QED) is 0.578. The van der Waals surface area contributed by atoms with E-state index in [-0.39, 0.29) is 11.8 Å². The molecule has 14 heavy (non-hydrogen) atoms. The fourth-order valence-electron chi connectivity index (χ4n) is 1.56. The maximum atomic E-state index is 11.5. The van der Waals surface area contributed by atoms with Gasteiger partial charge in [-0.25, -0.2) is 0 Å². The van der Waals surface area contributed by atoms with E-state index in [1.807, 2.05) is 0 Å². The van der Waals surface area contributed by atoms with E-state index < -0.39 is 37.9 Å². The first-order chi connectivity index (χ1) is 6.35. The Bertz CT molecular complexity index is 238. The summed E-state index contributed by atoms with van der Waals surface area (Å²) in [5, 5.41) is 28.0. The van der Waals surface area contributed by atoms with Gasteiger partial charge < -0.3 is 0 Å². The fraction of sp³-hybridized carbons (Fsp3) is 1.00. The van der Waals surface area contributed by atoms with Crippen LogP contribution in [0, 0.1) is 0 Å². The van der Waals surface area contributed by atoms with E-state index in [1.165, 1.54) is 0 Å². The van der Waals surface area contributed by atoms with Crippen molar-refractivity contribution in [1.82, 2.24) is 0 Å². The Morgan fingerprint density at radius 2 is 1.71 bits per heavy atom. The third kappa shape index (κ3) is 2.84. The molecule has 5 nitrogen and oxygen atoms in total. The summed E-state index contributed by atoms with van der Waals surface area (Å²) in [6.07, 6.45) is -3.48. The predicted molar refractivity (Wildman–Crippen MR) is 50.7 cm³/mol. The van der Waals surface area contributed by atoms with Crippen molar-refractivity contribution in [2.45, 2.75) is 41.0 Å². The third-order valence-electron chi connectivity index (χ3n) is 2.26. The summed E-state index contributed by atoms with van der Waals surface area (Å²) < 4.78 is 16.7. The van der Waals surface area contributed by atoms with Crippen molar-refractivity contribution in [3.63, 3.8) is 0 Å². The van der Waals surface area contributed by atoms with Crippen LogP contribution in [0.1, 0.15) is 0 Å². The molecular formula is C8H17AsO5. The van der Waals surface area contributed by atoms with Gasteiger partial charge in [0, 0.05) is 0 Å². The molecule has 0 bridgehead atoms. The maximum absolute atomic E-state index is 11.5. The molecule has 1 aliphatic heterocycles. The molecule has 1 fully saturated rings. The van der Waals surface area contributed by atoms with Crippen molar-refractivity contribution in [3.05, 3.63) is 0 Å². The molecule has 1 rings (SSSR count). The Morgan fingerprint density at radius 1 is 1.21 bits per heavy atom. The van der Waals surface area contributed by atoms with Crippen molar-refractivity contribution < 1.29 is 23.8 Å². The summed E-state index contributed by atoms with van der Waals surface area (Å²) in [6, 6.07) is 0. The summed E-state index contributed by atoms with van der Waals surface area (Å²) in [7, 11) is 0. The molecule has 1 heterocycles. The SMILES string of the molecule is C[As](C)(=O)C[C@H]1O[C@H](CO)[C@@H](O)[C@H]1O. The van der Waals surface area contributed by atoms with E-state index in [0.29, 0.717) is 0 Å². The molecule has 0 aromatic rings. The van der Waals surface area contributed by atoms with E-state index in [0.717, 1.165) is 0 Å². The van der Waals surface area contributed by atoms with Crippen LogP contribution in [0.3, 0.4) is 0 Å². The number of hydrogen-bond donors (Lipinski definition) is 3. The number of hydrogen-bond acceptors (Lipinski definition) is 5. The number of ether oxygens (including phenoxy) is 1. The Morgan fingerprint density at radius 3 is 2.07 bits per heavy atom. The average Bonchev–Trinajstić information content (AvgIpc) is 2.30. The average molecular weight is 268 g/mol. The van der Waals surface area contributed by atoms with Crippen molar-refractivity contribution in [1.29, 1.82) is 0 Å². The molecular weight excluding hydrogens is 251 g/mol. The number of rotatable bonds is 3. The zero-order valence-electron chi connectivity index (χ0n) is 8.33. The van der Waals surface area contributed by atoms with Gasteiger partial charge >= 0.3 is 84.9 Å². The second kappa shape index (κ2) is 4.37. The minimum absolute atomic E-state index is 0.285. The third-order valence-corrected chi connectivity index (χ3v) is 4.86. The van der Waals surface area contributed by atoms with Crippen LogP contribution in [0.25, 0.3) is 0 Å². The van der Waals surface area contributed by atoms with Gasteiger partial charge in [0.1, 0.15) is 0 Å². The van der Waals surface area contributed by atoms with Crippen molar-refractivity contribution in [2.75, 3.05) is 6.61 Å². The summed E-state index contributed by atoms with van der Waals surface area (Å²) in [6.45, 7) is -0.334. The van der Waals surface area contributed by atoms with Gasteiger partial charge in [0.05, 0.1) is 0 Å². The van der Waals surface area contributed by atoms with Crippen molar-refractivity contribution in [2.24, 2.45) is 0 Å². The van der Waals surface area contributed by atoms with E-state index in [4.69, 9.17) is 9.84 Å². The summed E-state index contributed by atoms with van der Waals surface area (Å²) in [5.74, 6) is 0. The first-order valence-corrected chi connectivity index (χ1v) is 10.4. The van der Waals surface area contributed by atoms with Gasteiger partial charge in [0.25, 0.3) is 0 Å². The topological polar surface area (TPSA) is 87.0 Å². The molecule has 0 aliphatic carbocycles. The molecule has 0 aromatic heterocycles. The van der Waals surface area contributed by atoms with Crippen LogP contribution in [0.5, 0.6) is 0 Å². The molecule has 0 spiro atoms. The van der Waals surface area contributed by atoms with Gasteiger partial charge in [-0.2, -0.15) is 0 Å². The molecule has 1 aliphatic rings. The molecule has 0 radical (unpaired) electrons. The van der Waals surface area contributed by atoms with Gasteiger partial charge in [-0.15, -0.1) is 0 Å². The Labute approximate surface area is 85.4 Å². The number of aliphatic hydroxyl groups is 3. The van der Waals surface area contributed by atoms with Gasteiger partial charge in [0.2, 0.25) is 0 Å². The van der Waals surface area contributed by atoms with Crippen LogP contribution in [0.4, 0.5) is 0 Å². The predicted octanol–water partition coefficient (Wildman–Crippen LogP) is -0.897. The molecule has 3 N–H and O–H groups in total. The van der Waals surface area contributed by atoms with Gasteiger partial charge in [-0.3, -0.25) is 0 Å². The minimum atomic E-state index is -2.88. The van der Waals surface area contributed by atoms with Gasteiger partial charge in [0.15, 0.2) is 0 Å². The molecule has 4 atom stereocenters. The van der Waals surface area contributed by atoms with Crippen LogP contribution in [0.2, 0.25) is 16.6 Å². The molecule has 0 amide bonds. The van der Waals surface area contributed by atoms with E-state index >= 15 is 0 Å². The Balaban J connectivity index is 2.61. The molecule has 0 aromatic carbocycles. The van der Waals surface area contributed by atoms with E-state index in [2.05, 4.69) is 0 Å². The van der Waals surface area contributed by atoms with E-state index in [9.17, 15) is 14.0 Å². The number of aliphatic hydroxyl groups excluding tert-OH is 3. The Kier molecular flexibility index (Phi) is 3.83. The fourth-order valence-corrected chi connectivity index (χ4v) is 4.01. The summed E-state index contributed by atoms with van der Waals surface area (Å²) in [4.78, 5) is 0. The molecule has 0 saturated carbocycles. The van der Waals surface area contributed by atoms with Crippen LogP contribution in [-0.2, 0) is 8.48 Å². The first kappa shape index (κ1) is 12.3. The van der Waals surface area contributed by atoms with E-state index in [1.54, 1.807) is 11.4 Å². The molecule has 1 saturated heterocycles. The zero-order valence-corrected chi connectivity index (χ0v) is 10.2. The van der Waals surface area contributed by atoms with Crippen LogP contribution in [-0.4, -0.2) is 59.8 Å². The monoisotopic (exact) mass is 268 g/mol. The second-order valence-corrected chi connectivity index (χ2v) is 11.5. The van der Waals surface area contributed by atoms with Crippen molar-refractivity contribution >= 4 is 13.5 Å². The van der Waals surface area contributed by atoms with Crippen LogP contribution >= 0.6 is 0 Å². The molecule has 0 unspecified atom stereocenters. The Hall–Kier alpha value is 0.198. The second-order valence-electron chi connectivity index (χ2n) is 4.13. The normalized spacial score (nSPS) is 38.9. The van der Waals surface area contributed by atoms with Gasteiger partial charge in [-0.1, -0.05) is 0 Å². The van der Waals surface area contributed by atoms with Crippen LogP contribution < -0.4 is 0 Å². The zero-order chi connectivity index (χ0) is 10.9. The molecule has 6 heteroatoms. The summed E-state index contributed by atoms with van der Waals surface area (Å²) in [5.41, 5.74) is 3.32. The van der Waals surface area contributed by atoms with Crippen molar-refractivity contribution in [3.8, 4) is 0 Å². The summed E-state index contributed by atoms with van der Waals surface area (Å²) >= 11 is -2.88. The van der Waals surface area contributed by atoms with Crippen LogP contribution in [0.15, 0.2) is 0 Å².